The van der Waals surface area contributed by atoms with E-state index in [1.165, 1.54) is 15.8 Å². The maximum atomic E-state index is 15.0. The molecule has 270 valence electrons. The van der Waals surface area contributed by atoms with Crippen LogP contribution in [0.25, 0.3) is 0 Å². The lowest BCUT2D eigenvalue weighted by Crippen LogP contribution is -2.60. The molecule has 2 aromatic heterocycles. The molecule has 14 nitrogen and oxygen atoms in total. The van der Waals surface area contributed by atoms with Crippen LogP contribution in [0.4, 0.5) is 28.9 Å². The van der Waals surface area contributed by atoms with Gasteiger partial charge < -0.3 is 24.4 Å². The highest BCUT2D eigenvalue weighted by Gasteiger charge is 2.41. The first-order chi connectivity index (χ1) is 24.5. The number of carbonyl (C=O) groups is 5. The van der Waals surface area contributed by atoms with Crippen molar-refractivity contribution in [2.45, 2.75) is 63.0 Å². The predicted octanol–water partition coefficient (Wildman–Crippen LogP) is 3.15. The number of hydrogen-bond donors (Lipinski definition) is 2. The number of anilines is 2. The summed E-state index contributed by atoms with van der Waals surface area (Å²) in [4.78, 5) is 71.1. The van der Waals surface area contributed by atoms with Gasteiger partial charge >= 0.3 is 0 Å². The van der Waals surface area contributed by atoms with Crippen molar-refractivity contribution in [2.24, 2.45) is 5.92 Å². The van der Waals surface area contributed by atoms with E-state index < -0.39 is 53.3 Å². The number of piperazine rings is 1. The Balaban J connectivity index is 0.896. The van der Waals surface area contributed by atoms with Gasteiger partial charge in [0.2, 0.25) is 23.6 Å². The second-order valence-electron chi connectivity index (χ2n) is 13.3. The Morgan fingerprint density at radius 1 is 0.980 bits per heavy atom. The highest BCUT2D eigenvalue weighted by atomic mass is 19.3. The van der Waals surface area contributed by atoms with Crippen LogP contribution in [0, 0.1) is 17.6 Å². The van der Waals surface area contributed by atoms with Gasteiger partial charge in [0.1, 0.15) is 17.9 Å². The first kappa shape index (κ1) is 34.2. The molecule has 2 N–H and O–H groups in total. The summed E-state index contributed by atoms with van der Waals surface area (Å²) in [6.45, 7) is 0.992. The highest BCUT2D eigenvalue weighted by Crippen LogP contribution is 2.36. The van der Waals surface area contributed by atoms with Crippen molar-refractivity contribution in [3.05, 3.63) is 59.6 Å². The average Bonchev–Trinajstić information content (AvgIpc) is 3.76. The summed E-state index contributed by atoms with van der Waals surface area (Å²) < 4.78 is 63.7. The van der Waals surface area contributed by atoms with Gasteiger partial charge in [-0.05, 0) is 44.2 Å². The summed E-state index contributed by atoms with van der Waals surface area (Å²) in [7, 11) is 0. The summed E-state index contributed by atoms with van der Waals surface area (Å²) in [5, 5.41) is 8.58. The molecule has 1 aliphatic carbocycles. The maximum absolute atomic E-state index is 15.0. The van der Waals surface area contributed by atoms with E-state index in [1.54, 1.807) is 9.80 Å². The fourth-order valence-corrected chi connectivity index (χ4v) is 7.42. The van der Waals surface area contributed by atoms with Crippen LogP contribution in [-0.4, -0.2) is 92.9 Å². The molecule has 18 heteroatoms. The third-order valence-electron chi connectivity index (χ3n) is 10.2. The van der Waals surface area contributed by atoms with Crippen molar-refractivity contribution >= 4 is 40.9 Å². The number of amides is 5. The van der Waals surface area contributed by atoms with Crippen molar-refractivity contribution in [1.82, 2.24) is 29.9 Å². The Labute approximate surface area is 288 Å². The van der Waals surface area contributed by atoms with Gasteiger partial charge in [0.15, 0.2) is 17.8 Å². The summed E-state index contributed by atoms with van der Waals surface area (Å²) >= 11 is 0. The first-order valence-electron chi connectivity index (χ1n) is 16.7. The number of benzene rings is 1. The molecule has 51 heavy (non-hydrogen) atoms. The van der Waals surface area contributed by atoms with E-state index in [1.807, 2.05) is 0 Å². The average molecular weight is 715 g/mol. The van der Waals surface area contributed by atoms with E-state index in [2.05, 4.69) is 20.7 Å². The number of oxazole rings is 1. The maximum Gasteiger partial charge on any atom is 0.284 e. The van der Waals surface area contributed by atoms with Crippen LogP contribution >= 0.6 is 0 Å². The number of rotatable bonds is 8. The molecule has 3 aromatic rings. The van der Waals surface area contributed by atoms with E-state index in [0.29, 0.717) is 38.8 Å². The minimum atomic E-state index is -2.92. The normalized spacial score (nSPS) is 23.0. The number of halogens is 4. The Hall–Kier alpha value is -5.29. The van der Waals surface area contributed by atoms with Gasteiger partial charge in [-0.2, -0.15) is 5.10 Å². The molecule has 4 fully saturated rings. The van der Waals surface area contributed by atoms with Crippen molar-refractivity contribution in [3.63, 3.8) is 0 Å². The van der Waals surface area contributed by atoms with Crippen LogP contribution in [0.2, 0.25) is 0 Å². The molecule has 7 rings (SSSR count). The van der Waals surface area contributed by atoms with E-state index in [4.69, 9.17) is 4.42 Å². The molecule has 0 bridgehead atoms. The second kappa shape index (κ2) is 13.8. The molecule has 5 amide bonds. The van der Waals surface area contributed by atoms with Crippen molar-refractivity contribution in [1.29, 1.82) is 0 Å². The quantitative estimate of drug-likeness (QED) is 0.264. The number of imide groups is 1. The van der Waals surface area contributed by atoms with Crippen LogP contribution in [0.15, 0.2) is 35.4 Å². The minimum absolute atomic E-state index is 0.0104. The molecular weight excluding hydrogens is 680 g/mol. The zero-order chi connectivity index (χ0) is 36.0. The number of carbonyl (C=O) groups excluding carboxylic acids is 5. The highest BCUT2D eigenvalue weighted by molar-refractivity contribution is 6.03. The van der Waals surface area contributed by atoms with Gasteiger partial charge in [-0.3, -0.25) is 34.0 Å². The summed E-state index contributed by atoms with van der Waals surface area (Å²) in [5.74, 6) is -5.70. The molecule has 3 aliphatic heterocycles. The summed E-state index contributed by atoms with van der Waals surface area (Å²) in [6, 6.07) is 1.95. The lowest BCUT2D eigenvalue weighted by atomic mass is 9.89. The Bertz CT molecular complexity index is 1830. The largest absolute Gasteiger partial charge is 0.451 e. The zero-order valence-corrected chi connectivity index (χ0v) is 27.2. The van der Waals surface area contributed by atoms with Gasteiger partial charge in [-0.1, -0.05) is 0 Å². The smallest absolute Gasteiger partial charge is 0.284 e. The van der Waals surface area contributed by atoms with Gasteiger partial charge in [0, 0.05) is 56.1 Å². The standard InChI is InChI=1S/C33H34F4N8O6/c34-22-9-20(10-23(35)28(22)21-5-6-26(46)40-31(21)48)43-11-17(12-43)33(50)42-7-8-44(27(47)14-42)18-1-3-19(4-2-18)45-13-24(29(41-45)30(36)37)39-32(49)25-15-51-16-38-25/h9-10,13,15-19,21,30H,1-8,11-12,14H2,(H,39,49)(H,40,46,48)/t18?,19?,21-/m1/s1. The fourth-order valence-electron chi connectivity index (χ4n) is 7.42. The monoisotopic (exact) mass is 714 g/mol. The number of aromatic nitrogens is 3. The third-order valence-corrected chi connectivity index (χ3v) is 10.2. The van der Waals surface area contributed by atoms with Gasteiger partial charge in [-0.15, -0.1) is 0 Å². The SMILES string of the molecule is O=C1CC[C@H](c2c(F)cc(N3CC(C(=O)N4CCN(C5CCC(n6cc(NC(=O)c7cocn7)c(C(F)F)n6)CC5)C(=O)C4)C3)cc2F)C(=O)N1. The number of nitrogens with one attached hydrogen (secondary N) is 2. The third kappa shape index (κ3) is 6.78. The first-order valence-corrected chi connectivity index (χ1v) is 16.7. The van der Waals surface area contributed by atoms with E-state index in [-0.39, 0.29) is 79.0 Å². The van der Waals surface area contributed by atoms with Crippen molar-refractivity contribution < 1.29 is 46.0 Å². The molecule has 0 unspecified atom stereocenters. The minimum Gasteiger partial charge on any atom is -0.451 e. The molecule has 1 aromatic carbocycles. The molecule has 1 atom stereocenters. The number of hydrogen-bond acceptors (Lipinski definition) is 9. The van der Waals surface area contributed by atoms with Crippen LogP contribution in [0.3, 0.4) is 0 Å². The van der Waals surface area contributed by atoms with Crippen molar-refractivity contribution in [3.8, 4) is 0 Å². The van der Waals surface area contributed by atoms with Crippen LogP contribution in [-0.2, 0) is 19.2 Å². The number of nitrogens with zero attached hydrogens (tertiary/aromatic N) is 6. The zero-order valence-electron chi connectivity index (χ0n) is 27.2. The lowest BCUT2D eigenvalue weighted by Gasteiger charge is -2.45. The number of piperidine rings is 1. The summed E-state index contributed by atoms with van der Waals surface area (Å²) in [6.07, 6.45) is 2.94. The molecule has 0 spiro atoms. The topological polar surface area (TPSA) is 163 Å². The lowest BCUT2D eigenvalue weighted by molar-refractivity contribution is -0.150. The van der Waals surface area contributed by atoms with Gasteiger partial charge in [0.05, 0.1) is 30.1 Å². The van der Waals surface area contributed by atoms with Crippen LogP contribution in [0.5, 0.6) is 0 Å². The molecular formula is C33H34F4N8O6. The Morgan fingerprint density at radius 2 is 1.69 bits per heavy atom. The molecule has 4 aliphatic rings. The van der Waals surface area contributed by atoms with Gasteiger partial charge in [-0.25, -0.2) is 22.5 Å². The van der Waals surface area contributed by atoms with Crippen LogP contribution in [0.1, 0.15) is 78.7 Å². The fraction of sp³-hybridized carbons (Fsp3) is 0.485. The van der Waals surface area contributed by atoms with E-state index in [9.17, 15) is 32.8 Å². The Morgan fingerprint density at radius 3 is 2.31 bits per heavy atom. The summed E-state index contributed by atoms with van der Waals surface area (Å²) in [5.41, 5.74) is -0.888. The van der Waals surface area contributed by atoms with E-state index >= 15 is 8.78 Å². The van der Waals surface area contributed by atoms with Crippen LogP contribution < -0.4 is 15.5 Å². The predicted molar refractivity (Wildman–Crippen MR) is 168 cm³/mol. The van der Waals surface area contributed by atoms with Gasteiger partial charge in [0.25, 0.3) is 12.3 Å². The van der Waals surface area contributed by atoms with E-state index in [0.717, 1.165) is 24.8 Å². The molecule has 3 saturated heterocycles. The van der Waals surface area contributed by atoms with Crippen molar-refractivity contribution in [2.75, 3.05) is 42.9 Å². The molecule has 1 saturated carbocycles. The molecule has 5 heterocycles. The Kier molecular flexibility index (Phi) is 9.24. The molecule has 0 radical (unpaired) electrons. The number of alkyl halides is 2. The second-order valence-corrected chi connectivity index (χ2v) is 13.3.